The average molecular weight is 661 g/mol. The highest BCUT2D eigenvalue weighted by molar-refractivity contribution is 5.21. The summed E-state index contributed by atoms with van der Waals surface area (Å²) in [5.74, 6) is 1.99. The molecule has 8 N–H and O–H groups in total. The summed E-state index contributed by atoms with van der Waals surface area (Å²) in [6, 6.07) is 20.7. The number of nitrogens with two attached hydrogens (primary N) is 3. The molecule has 1 fully saturated rings. The van der Waals surface area contributed by atoms with E-state index >= 15 is 0 Å². The average Bonchev–Trinajstić information content (AvgIpc) is 3.06. The zero-order valence-electron chi connectivity index (χ0n) is 31.5. The molecule has 0 radical (unpaired) electrons. The van der Waals surface area contributed by atoms with Gasteiger partial charge in [-0.2, -0.15) is 0 Å². The van der Waals surface area contributed by atoms with Crippen molar-refractivity contribution >= 4 is 0 Å². The van der Waals surface area contributed by atoms with E-state index in [1.54, 1.807) is 6.08 Å². The highest BCUT2D eigenvalue weighted by Crippen LogP contribution is 2.25. The summed E-state index contributed by atoms with van der Waals surface area (Å²) in [6.45, 7) is 36.3. The molecule has 2 unspecified atom stereocenters. The number of nitrogens with zero attached hydrogens (tertiary/aromatic N) is 1. The smallest absolute Gasteiger partial charge is 0.0691 e. The largest absolute Gasteiger partial charge is 0.405 e. The summed E-state index contributed by atoms with van der Waals surface area (Å²) in [6.07, 6.45) is 8.34. The Morgan fingerprint density at radius 1 is 0.938 bits per heavy atom. The lowest BCUT2D eigenvalue weighted by molar-refractivity contribution is 0.212. The van der Waals surface area contributed by atoms with Crippen molar-refractivity contribution in [2.45, 2.75) is 79.7 Å². The van der Waals surface area contributed by atoms with Gasteiger partial charge in [0.25, 0.3) is 0 Å². The molecule has 0 saturated carbocycles. The zero-order chi connectivity index (χ0) is 36.7. The highest BCUT2D eigenvalue weighted by Gasteiger charge is 2.23. The van der Waals surface area contributed by atoms with Crippen LogP contribution in [0.2, 0.25) is 0 Å². The summed E-state index contributed by atoms with van der Waals surface area (Å²) < 4.78 is 0. The van der Waals surface area contributed by atoms with Crippen LogP contribution in [-0.2, 0) is 6.42 Å². The lowest BCUT2D eigenvalue weighted by Gasteiger charge is -2.37. The Labute approximate surface area is 296 Å². The Hall–Kier alpha value is -3.74. The first-order chi connectivity index (χ1) is 22.9. The van der Waals surface area contributed by atoms with Crippen molar-refractivity contribution in [3.63, 3.8) is 0 Å². The molecule has 2 atom stereocenters. The van der Waals surface area contributed by atoms with Gasteiger partial charge in [-0.15, -0.1) is 6.58 Å². The molecule has 2 aromatic rings. The van der Waals surface area contributed by atoms with E-state index in [9.17, 15) is 0 Å². The molecular weight excluding hydrogens is 589 g/mol. The zero-order valence-corrected chi connectivity index (χ0v) is 31.5. The highest BCUT2D eigenvalue weighted by atomic mass is 15.1. The normalized spacial score (nSPS) is 13.1. The van der Waals surface area contributed by atoms with Crippen LogP contribution in [-0.4, -0.2) is 43.7 Å². The number of likely N-dealkylation sites (tertiary alicyclic amines) is 1. The van der Waals surface area contributed by atoms with Crippen molar-refractivity contribution in [3.8, 4) is 0 Å². The lowest BCUT2D eigenvalue weighted by atomic mass is 9.94. The van der Waals surface area contributed by atoms with Crippen molar-refractivity contribution in [2.24, 2.45) is 35.0 Å². The first-order valence-electron chi connectivity index (χ1n) is 17.6. The number of hydrogen-bond donors (Lipinski definition) is 5. The van der Waals surface area contributed by atoms with Gasteiger partial charge in [0.1, 0.15) is 0 Å². The van der Waals surface area contributed by atoms with Crippen LogP contribution in [0.5, 0.6) is 0 Å². The number of allylic oxidation sites excluding steroid dienone is 1. The third-order valence-corrected chi connectivity index (χ3v) is 7.26. The molecule has 0 aliphatic carbocycles. The standard InChI is InChI=1S/C26H43N5.C7H8.C4H10.C3H6.C2H5N/c1-20-12-15-31(16-13-20)23(4)25(11-8-14-27)19-29-22(3)26(30-21(2)18-28)17-24-9-6-5-7-10-24;1-7-5-3-2-4-6-7;1-4(2)3;1-3-2;1-2-3/h5-7,9-10,20,25-26,29-30H,2-4,8,11-19,27-28H2,1H3;2-6H,1H3;4H,1-3H3;3H,1H2,2H3;2H,1,3H2. The molecule has 48 heavy (non-hydrogen) atoms. The van der Waals surface area contributed by atoms with Gasteiger partial charge in [-0.05, 0) is 76.1 Å². The molecule has 1 aliphatic rings. The second-order valence-corrected chi connectivity index (χ2v) is 12.9. The van der Waals surface area contributed by atoms with Gasteiger partial charge in [0, 0.05) is 49.2 Å². The van der Waals surface area contributed by atoms with Crippen molar-refractivity contribution in [2.75, 3.05) is 32.7 Å². The Morgan fingerprint density at radius 2 is 1.42 bits per heavy atom. The molecule has 0 amide bonds. The molecule has 6 nitrogen and oxygen atoms in total. The lowest BCUT2D eigenvalue weighted by Crippen LogP contribution is -2.41. The summed E-state index contributed by atoms with van der Waals surface area (Å²) in [7, 11) is 0. The van der Waals surface area contributed by atoms with Gasteiger partial charge in [0.05, 0.1) is 6.04 Å². The summed E-state index contributed by atoms with van der Waals surface area (Å²) in [5.41, 5.74) is 21.8. The van der Waals surface area contributed by atoms with Crippen LogP contribution in [0.3, 0.4) is 0 Å². The molecule has 0 aromatic heterocycles. The predicted octanol–water partition coefficient (Wildman–Crippen LogP) is 8.30. The minimum absolute atomic E-state index is 0.0257. The maximum absolute atomic E-state index is 5.82. The number of aryl methyl sites for hydroxylation is 1. The fourth-order valence-corrected chi connectivity index (χ4v) is 4.63. The number of rotatable bonds is 14. The van der Waals surface area contributed by atoms with Crippen LogP contribution in [0.1, 0.15) is 71.4 Å². The molecule has 0 spiro atoms. The monoisotopic (exact) mass is 661 g/mol. The van der Waals surface area contributed by atoms with E-state index in [4.69, 9.17) is 11.5 Å². The number of piperidine rings is 1. The minimum Gasteiger partial charge on any atom is -0.405 e. The first-order valence-corrected chi connectivity index (χ1v) is 17.6. The van der Waals surface area contributed by atoms with Crippen LogP contribution < -0.4 is 27.8 Å². The molecule has 1 saturated heterocycles. The van der Waals surface area contributed by atoms with E-state index in [1.807, 2.05) is 31.2 Å². The Bertz CT molecular complexity index is 1080. The molecule has 270 valence electrons. The molecule has 3 rings (SSSR count). The predicted molar refractivity (Wildman–Crippen MR) is 215 cm³/mol. The molecule has 1 heterocycles. The fraction of sp³-hybridized carbons (Fsp3) is 0.476. The van der Waals surface area contributed by atoms with E-state index in [2.05, 4.69) is 125 Å². The number of nitrogens with one attached hydrogen (secondary N) is 2. The van der Waals surface area contributed by atoms with E-state index in [0.29, 0.717) is 19.0 Å². The third-order valence-electron chi connectivity index (χ3n) is 7.26. The SMILES string of the molecule is C=C(CN)NC(Cc1ccccc1)C(=C)NCC(CCCN)C(=C)N1CCC(C)CC1.C=CC.C=CN.CC(C)C.Cc1ccccc1. The quantitative estimate of drug-likeness (QED) is 0.131. The van der Waals surface area contributed by atoms with Gasteiger partial charge in [-0.25, -0.2) is 0 Å². The fourth-order valence-electron chi connectivity index (χ4n) is 4.63. The van der Waals surface area contributed by atoms with E-state index in [0.717, 1.165) is 62.1 Å². The second kappa shape index (κ2) is 30.6. The van der Waals surface area contributed by atoms with E-state index in [-0.39, 0.29) is 6.04 Å². The Balaban J connectivity index is 0. The molecular formula is C42H72N6. The first kappa shape index (κ1) is 46.4. The van der Waals surface area contributed by atoms with Crippen LogP contribution in [0.15, 0.2) is 123 Å². The summed E-state index contributed by atoms with van der Waals surface area (Å²) >= 11 is 0. The van der Waals surface area contributed by atoms with Crippen LogP contribution in [0, 0.1) is 24.7 Å². The number of benzene rings is 2. The van der Waals surface area contributed by atoms with E-state index < -0.39 is 0 Å². The van der Waals surface area contributed by atoms with Gasteiger partial charge < -0.3 is 32.7 Å². The summed E-state index contributed by atoms with van der Waals surface area (Å²) in [4.78, 5) is 2.47. The minimum atomic E-state index is 0.0257. The van der Waals surface area contributed by atoms with Crippen LogP contribution >= 0.6 is 0 Å². The van der Waals surface area contributed by atoms with Gasteiger partial charge in [-0.1, -0.05) is 126 Å². The topological polar surface area (TPSA) is 105 Å². The van der Waals surface area contributed by atoms with Gasteiger partial charge >= 0.3 is 0 Å². The maximum atomic E-state index is 5.82. The Morgan fingerprint density at radius 3 is 1.83 bits per heavy atom. The maximum Gasteiger partial charge on any atom is 0.0691 e. The Kier molecular flexibility index (Phi) is 29.6. The third kappa shape index (κ3) is 25.4. The molecule has 1 aliphatic heterocycles. The van der Waals surface area contributed by atoms with Crippen molar-refractivity contribution < 1.29 is 0 Å². The van der Waals surface area contributed by atoms with E-state index in [1.165, 1.54) is 35.9 Å². The summed E-state index contributed by atoms with van der Waals surface area (Å²) in [5, 5.41) is 7.05. The molecule has 6 heteroatoms. The van der Waals surface area contributed by atoms with Crippen molar-refractivity contribution in [3.05, 3.63) is 134 Å². The van der Waals surface area contributed by atoms with Crippen LogP contribution in [0.4, 0.5) is 0 Å². The molecule has 2 aromatic carbocycles. The second-order valence-electron chi connectivity index (χ2n) is 12.9. The van der Waals surface area contributed by atoms with Crippen molar-refractivity contribution in [1.29, 1.82) is 0 Å². The van der Waals surface area contributed by atoms with Gasteiger partial charge in [0.15, 0.2) is 0 Å². The van der Waals surface area contributed by atoms with Gasteiger partial charge in [0.2, 0.25) is 0 Å². The van der Waals surface area contributed by atoms with Crippen molar-refractivity contribution in [1.82, 2.24) is 15.5 Å². The molecule has 0 bridgehead atoms. The van der Waals surface area contributed by atoms with Crippen LogP contribution in [0.25, 0.3) is 0 Å². The van der Waals surface area contributed by atoms with Gasteiger partial charge in [-0.3, -0.25) is 0 Å². The number of hydrogen-bond acceptors (Lipinski definition) is 6.